The minimum Gasteiger partial charge on any atom is -0.121 e. The number of alkyl halides is 4. The van der Waals surface area contributed by atoms with Crippen molar-refractivity contribution in [2.45, 2.75) is 61.0 Å². The van der Waals surface area contributed by atoms with E-state index in [2.05, 4.69) is 6.92 Å². The van der Waals surface area contributed by atoms with Crippen LogP contribution in [0.2, 0.25) is 0 Å². The summed E-state index contributed by atoms with van der Waals surface area (Å²) in [5.41, 5.74) is 0. The van der Waals surface area contributed by atoms with Crippen LogP contribution in [0.4, 0.5) is 0 Å². The average molecular weight is 280 g/mol. The van der Waals surface area contributed by atoms with Crippen LogP contribution in [0, 0.1) is 0 Å². The highest BCUT2D eigenvalue weighted by atomic mass is 35.5. The summed E-state index contributed by atoms with van der Waals surface area (Å²) in [4.78, 5) is 0. The van der Waals surface area contributed by atoms with E-state index in [4.69, 9.17) is 46.4 Å². The minimum absolute atomic E-state index is 0.0769. The van der Waals surface area contributed by atoms with Crippen LogP contribution in [0.1, 0.15) is 39.5 Å². The number of halogens is 4. The van der Waals surface area contributed by atoms with Gasteiger partial charge in [-0.3, -0.25) is 0 Å². The van der Waals surface area contributed by atoms with Gasteiger partial charge < -0.3 is 0 Å². The fourth-order valence-electron chi connectivity index (χ4n) is 1.18. The fourth-order valence-corrected chi connectivity index (χ4v) is 2.45. The summed E-state index contributed by atoms with van der Waals surface area (Å²) >= 11 is 24.4. The molecule has 86 valence electrons. The molecule has 0 N–H and O–H groups in total. The van der Waals surface area contributed by atoms with Gasteiger partial charge in [-0.25, -0.2) is 0 Å². The standard InChI is InChI=1S/C10H18Cl4/c1-3-5-6-8(12)10(14)9(13)7(11)4-2/h7-10H,3-6H2,1-2H3. The molecular weight excluding hydrogens is 262 g/mol. The summed E-state index contributed by atoms with van der Waals surface area (Å²) < 4.78 is 0. The lowest BCUT2D eigenvalue weighted by atomic mass is 10.1. The second-order valence-corrected chi connectivity index (χ2v) is 5.60. The number of hydrogen-bond acceptors (Lipinski definition) is 0. The van der Waals surface area contributed by atoms with Crippen molar-refractivity contribution in [2.24, 2.45) is 0 Å². The lowest BCUT2D eigenvalue weighted by Crippen LogP contribution is -2.32. The van der Waals surface area contributed by atoms with E-state index < -0.39 is 0 Å². The van der Waals surface area contributed by atoms with Crippen molar-refractivity contribution in [3.05, 3.63) is 0 Å². The van der Waals surface area contributed by atoms with Gasteiger partial charge in [0.15, 0.2) is 0 Å². The molecule has 0 amide bonds. The second kappa shape index (κ2) is 8.33. The molecule has 0 saturated carbocycles. The van der Waals surface area contributed by atoms with Gasteiger partial charge in [-0.1, -0.05) is 26.7 Å². The van der Waals surface area contributed by atoms with Crippen LogP contribution in [-0.4, -0.2) is 21.5 Å². The van der Waals surface area contributed by atoms with E-state index in [0.717, 1.165) is 25.7 Å². The van der Waals surface area contributed by atoms with Crippen LogP contribution < -0.4 is 0 Å². The molecule has 0 radical (unpaired) electrons. The molecule has 4 atom stereocenters. The Kier molecular flexibility index (Phi) is 9.02. The highest BCUT2D eigenvalue weighted by Gasteiger charge is 2.28. The van der Waals surface area contributed by atoms with E-state index >= 15 is 0 Å². The Morgan fingerprint density at radius 1 is 0.857 bits per heavy atom. The van der Waals surface area contributed by atoms with Gasteiger partial charge in [0.1, 0.15) is 0 Å². The van der Waals surface area contributed by atoms with Gasteiger partial charge in [0.2, 0.25) is 0 Å². The Morgan fingerprint density at radius 3 is 1.79 bits per heavy atom. The molecule has 0 aromatic rings. The van der Waals surface area contributed by atoms with Gasteiger partial charge in [0.25, 0.3) is 0 Å². The topological polar surface area (TPSA) is 0 Å². The van der Waals surface area contributed by atoms with Crippen LogP contribution in [0.5, 0.6) is 0 Å². The Morgan fingerprint density at radius 2 is 1.36 bits per heavy atom. The molecule has 0 nitrogen and oxygen atoms in total. The average Bonchev–Trinajstić information content (AvgIpc) is 2.22. The molecular formula is C10H18Cl4. The van der Waals surface area contributed by atoms with E-state index in [1.807, 2.05) is 6.92 Å². The summed E-state index contributed by atoms with van der Waals surface area (Å²) in [6.45, 7) is 4.12. The maximum atomic E-state index is 6.14. The SMILES string of the molecule is CCCCC(Cl)C(Cl)C(Cl)C(Cl)CC. The third kappa shape index (κ3) is 5.30. The van der Waals surface area contributed by atoms with Crippen LogP contribution >= 0.6 is 46.4 Å². The van der Waals surface area contributed by atoms with Gasteiger partial charge in [-0.05, 0) is 12.8 Å². The lowest BCUT2D eigenvalue weighted by molar-refractivity contribution is 0.607. The molecule has 0 aromatic carbocycles. The lowest BCUT2D eigenvalue weighted by Gasteiger charge is -2.23. The molecule has 0 aliphatic heterocycles. The van der Waals surface area contributed by atoms with Crippen molar-refractivity contribution < 1.29 is 0 Å². The normalized spacial score (nSPS) is 20.1. The van der Waals surface area contributed by atoms with Gasteiger partial charge in [-0.15, -0.1) is 46.4 Å². The van der Waals surface area contributed by atoms with E-state index in [1.165, 1.54) is 0 Å². The largest absolute Gasteiger partial charge is 0.121 e. The number of unbranched alkanes of at least 4 members (excludes halogenated alkanes) is 1. The van der Waals surface area contributed by atoms with Crippen molar-refractivity contribution in [2.75, 3.05) is 0 Å². The van der Waals surface area contributed by atoms with Crippen molar-refractivity contribution in [3.63, 3.8) is 0 Å². The first-order valence-electron chi connectivity index (χ1n) is 5.10. The molecule has 0 aliphatic carbocycles. The van der Waals surface area contributed by atoms with E-state index in [9.17, 15) is 0 Å². The van der Waals surface area contributed by atoms with Gasteiger partial charge in [-0.2, -0.15) is 0 Å². The maximum absolute atomic E-state index is 6.14. The first-order chi connectivity index (χ1) is 6.54. The zero-order valence-corrected chi connectivity index (χ0v) is 11.7. The molecule has 0 fully saturated rings. The van der Waals surface area contributed by atoms with Crippen LogP contribution in [-0.2, 0) is 0 Å². The first-order valence-corrected chi connectivity index (χ1v) is 6.85. The van der Waals surface area contributed by atoms with Crippen LogP contribution in [0.25, 0.3) is 0 Å². The van der Waals surface area contributed by atoms with Crippen molar-refractivity contribution in [1.29, 1.82) is 0 Å². The molecule has 0 bridgehead atoms. The van der Waals surface area contributed by atoms with E-state index in [-0.39, 0.29) is 21.5 Å². The van der Waals surface area contributed by atoms with Crippen molar-refractivity contribution in [3.8, 4) is 0 Å². The molecule has 4 heteroatoms. The smallest absolute Gasteiger partial charge is 0.0677 e. The monoisotopic (exact) mass is 278 g/mol. The molecule has 0 rings (SSSR count). The number of hydrogen-bond donors (Lipinski definition) is 0. The number of rotatable bonds is 7. The van der Waals surface area contributed by atoms with Crippen molar-refractivity contribution in [1.82, 2.24) is 0 Å². The Balaban J connectivity index is 3.95. The maximum Gasteiger partial charge on any atom is 0.0677 e. The van der Waals surface area contributed by atoms with Gasteiger partial charge >= 0.3 is 0 Å². The molecule has 0 aromatic heterocycles. The molecule has 0 spiro atoms. The predicted octanol–water partition coefficient (Wildman–Crippen LogP) is 5.02. The van der Waals surface area contributed by atoms with Crippen molar-refractivity contribution >= 4 is 46.4 Å². The first kappa shape index (κ1) is 15.2. The summed E-state index contributed by atoms with van der Waals surface area (Å²) in [7, 11) is 0. The molecule has 0 heterocycles. The fraction of sp³-hybridized carbons (Fsp3) is 1.00. The molecule has 0 aliphatic rings. The van der Waals surface area contributed by atoms with Crippen LogP contribution in [0.3, 0.4) is 0 Å². The Bertz CT molecular complexity index is 140. The Hall–Kier alpha value is 1.16. The summed E-state index contributed by atoms with van der Waals surface area (Å²) in [6.07, 6.45) is 3.93. The van der Waals surface area contributed by atoms with Crippen LogP contribution in [0.15, 0.2) is 0 Å². The van der Waals surface area contributed by atoms with E-state index in [0.29, 0.717) is 0 Å². The molecule has 4 unspecified atom stereocenters. The van der Waals surface area contributed by atoms with E-state index in [1.54, 1.807) is 0 Å². The molecule has 14 heavy (non-hydrogen) atoms. The summed E-state index contributed by atoms with van der Waals surface area (Å²) in [5, 5.41) is -0.663. The second-order valence-electron chi connectivity index (χ2n) is 3.47. The molecule has 0 saturated heterocycles. The highest BCUT2D eigenvalue weighted by Crippen LogP contribution is 2.28. The minimum atomic E-state index is -0.248. The van der Waals surface area contributed by atoms with Gasteiger partial charge in [0, 0.05) is 0 Å². The Labute approximate surface area is 107 Å². The van der Waals surface area contributed by atoms with Gasteiger partial charge in [0.05, 0.1) is 21.5 Å². The highest BCUT2D eigenvalue weighted by molar-refractivity contribution is 6.38. The zero-order valence-electron chi connectivity index (χ0n) is 8.65. The summed E-state index contributed by atoms with van der Waals surface area (Å²) in [5.74, 6) is 0. The third-order valence-corrected chi connectivity index (χ3v) is 4.83. The zero-order chi connectivity index (χ0) is 11.1. The summed E-state index contributed by atoms with van der Waals surface area (Å²) in [6, 6.07) is 0. The predicted molar refractivity (Wildman–Crippen MR) is 68.4 cm³/mol. The quantitative estimate of drug-likeness (QED) is 0.574. The third-order valence-electron chi connectivity index (χ3n) is 2.22.